The molecule has 0 saturated heterocycles. The second-order valence-corrected chi connectivity index (χ2v) is 7.39. The Balaban J connectivity index is 0.000000189. The lowest BCUT2D eigenvalue weighted by molar-refractivity contribution is 0.128. The predicted molar refractivity (Wildman–Crippen MR) is 128 cm³/mol. The lowest BCUT2D eigenvalue weighted by atomic mass is 10.1. The van der Waals surface area contributed by atoms with Crippen LogP contribution >= 0.6 is 23.2 Å². The molecule has 0 amide bonds. The minimum absolute atomic E-state index is 0.00371. The fraction of sp³-hybridized carbons (Fsp3) is 0.182. The molecule has 0 aliphatic heterocycles. The normalized spacial score (nSPS) is 10.7. The maximum Gasteiger partial charge on any atom is 0.346 e. The highest BCUT2D eigenvalue weighted by atomic mass is 35.5. The van der Waals surface area contributed by atoms with Crippen LogP contribution in [0.5, 0.6) is 11.9 Å². The highest BCUT2D eigenvalue weighted by Gasteiger charge is 2.14. The van der Waals surface area contributed by atoms with E-state index in [4.69, 9.17) is 57.7 Å². The van der Waals surface area contributed by atoms with E-state index in [2.05, 4.69) is 0 Å². The number of hydrogen-bond acceptors (Lipinski definition) is 9. The standard InChI is InChI=1S/C12H12ClNO4.C10H8ClNO3/c1-16-4-5-17-12-10(13)8-3-2-7(14)6-9(8)11(15)18-12;1-14-10-8(11)6-3-2-5(12)4-7(6)9(13)15-10/h2-3,6H,4-5,14H2,1H3;2-4H,12H2,1H3. The van der Waals surface area contributed by atoms with Crippen LogP contribution in [0.1, 0.15) is 0 Å². The van der Waals surface area contributed by atoms with Crippen LogP contribution in [-0.4, -0.2) is 27.4 Å². The molecular formula is C22H20Cl2N2O7. The first-order valence-corrected chi connectivity index (χ1v) is 10.2. The van der Waals surface area contributed by atoms with Gasteiger partial charge in [-0.05, 0) is 24.3 Å². The van der Waals surface area contributed by atoms with Gasteiger partial charge in [0.15, 0.2) is 0 Å². The van der Waals surface area contributed by atoms with E-state index in [1.165, 1.54) is 19.2 Å². The molecule has 11 heteroatoms. The smallest absolute Gasteiger partial charge is 0.346 e. The first kappa shape index (κ1) is 24.2. The van der Waals surface area contributed by atoms with Crippen molar-refractivity contribution >= 4 is 56.1 Å². The Kier molecular flexibility index (Phi) is 7.70. The van der Waals surface area contributed by atoms with Crippen molar-refractivity contribution in [1.29, 1.82) is 0 Å². The number of ether oxygens (including phenoxy) is 3. The maximum atomic E-state index is 11.7. The minimum Gasteiger partial charge on any atom is -0.467 e. The molecule has 0 spiro atoms. The molecule has 0 aliphatic rings. The average Bonchev–Trinajstić information content (AvgIpc) is 2.80. The molecule has 0 unspecified atom stereocenters. The van der Waals surface area contributed by atoms with Crippen molar-refractivity contribution in [3.8, 4) is 11.9 Å². The molecule has 9 nitrogen and oxygen atoms in total. The fourth-order valence-corrected chi connectivity index (χ4v) is 3.41. The van der Waals surface area contributed by atoms with Gasteiger partial charge in [-0.15, -0.1) is 0 Å². The number of anilines is 2. The first-order chi connectivity index (χ1) is 15.8. The number of benzene rings is 2. The Bertz CT molecular complexity index is 1420. The van der Waals surface area contributed by atoms with Crippen molar-refractivity contribution < 1.29 is 23.0 Å². The van der Waals surface area contributed by atoms with Gasteiger partial charge in [0.05, 0.1) is 24.5 Å². The van der Waals surface area contributed by atoms with Gasteiger partial charge in [0.25, 0.3) is 0 Å². The van der Waals surface area contributed by atoms with Gasteiger partial charge in [-0.2, -0.15) is 0 Å². The number of hydrogen-bond donors (Lipinski definition) is 2. The molecule has 0 bridgehead atoms. The first-order valence-electron chi connectivity index (χ1n) is 9.46. The average molecular weight is 495 g/mol. The molecule has 33 heavy (non-hydrogen) atoms. The summed E-state index contributed by atoms with van der Waals surface area (Å²) in [6, 6.07) is 9.68. The summed E-state index contributed by atoms with van der Waals surface area (Å²) in [6.07, 6.45) is 0. The van der Waals surface area contributed by atoms with Crippen LogP contribution in [0, 0.1) is 0 Å². The van der Waals surface area contributed by atoms with Gasteiger partial charge in [0.1, 0.15) is 16.7 Å². The van der Waals surface area contributed by atoms with Crippen LogP contribution in [0.3, 0.4) is 0 Å². The second kappa shape index (κ2) is 10.5. The monoisotopic (exact) mass is 494 g/mol. The van der Waals surface area contributed by atoms with Crippen LogP contribution in [0.2, 0.25) is 10.0 Å². The highest BCUT2D eigenvalue weighted by Crippen LogP contribution is 2.32. The molecule has 0 fully saturated rings. The summed E-state index contributed by atoms with van der Waals surface area (Å²) in [5, 5.41) is 2.32. The zero-order valence-electron chi connectivity index (χ0n) is 17.6. The second-order valence-electron chi connectivity index (χ2n) is 6.64. The summed E-state index contributed by atoms with van der Waals surface area (Å²) in [4.78, 5) is 23.2. The molecule has 0 aliphatic carbocycles. The fourth-order valence-electron chi connectivity index (χ4n) is 2.87. The van der Waals surface area contributed by atoms with E-state index in [1.54, 1.807) is 31.4 Å². The van der Waals surface area contributed by atoms with Crippen LogP contribution < -0.4 is 32.2 Å². The lowest BCUT2D eigenvalue weighted by Crippen LogP contribution is -2.08. The van der Waals surface area contributed by atoms with Crippen molar-refractivity contribution in [2.45, 2.75) is 0 Å². The molecule has 2 aromatic carbocycles. The van der Waals surface area contributed by atoms with Crippen molar-refractivity contribution in [2.24, 2.45) is 0 Å². The molecule has 174 valence electrons. The number of fused-ring (bicyclic) bond motifs is 2. The molecule has 2 aromatic heterocycles. The van der Waals surface area contributed by atoms with Crippen LogP contribution in [0.4, 0.5) is 11.4 Å². The Hall–Kier alpha value is -3.40. The predicted octanol–water partition coefficient (Wildman–Crippen LogP) is 4.09. The van der Waals surface area contributed by atoms with E-state index >= 15 is 0 Å². The molecule has 4 N–H and O–H groups in total. The third-order valence-corrected chi connectivity index (χ3v) is 5.15. The maximum absolute atomic E-state index is 11.7. The summed E-state index contributed by atoms with van der Waals surface area (Å²) in [6.45, 7) is 0.624. The molecule has 0 radical (unpaired) electrons. The Morgan fingerprint density at radius 3 is 1.73 bits per heavy atom. The summed E-state index contributed by atoms with van der Waals surface area (Å²) in [5.41, 5.74) is 11.1. The highest BCUT2D eigenvalue weighted by molar-refractivity contribution is 6.37. The molecule has 2 heterocycles. The van der Waals surface area contributed by atoms with Crippen molar-refractivity contribution in [3.05, 3.63) is 67.3 Å². The van der Waals surface area contributed by atoms with E-state index in [1.807, 2.05) is 0 Å². The van der Waals surface area contributed by atoms with Gasteiger partial charge >= 0.3 is 23.1 Å². The van der Waals surface area contributed by atoms with E-state index in [9.17, 15) is 9.59 Å². The molecule has 4 aromatic rings. The van der Waals surface area contributed by atoms with Gasteiger partial charge in [0.2, 0.25) is 0 Å². The summed E-state index contributed by atoms with van der Waals surface area (Å²) in [7, 11) is 2.93. The zero-order valence-corrected chi connectivity index (χ0v) is 19.2. The number of methoxy groups -OCH3 is 2. The summed E-state index contributed by atoms with van der Waals surface area (Å²) in [5.74, 6) is 0.00919. The molecule has 0 saturated carbocycles. The lowest BCUT2D eigenvalue weighted by Gasteiger charge is -2.07. The molecular weight excluding hydrogens is 475 g/mol. The van der Waals surface area contributed by atoms with Gasteiger partial charge in [-0.1, -0.05) is 35.3 Å². The van der Waals surface area contributed by atoms with Gasteiger partial charge in [-0.3, -0.25) is 0 Å². The van der Waals surface area contributed by atoms with Gasteiger partial charge in [0, 0.05) is 29.3 Å². The Labute approximate surface area is 197 Å². The summed E-state index contributed by atoms with van der Waals surface area (Å²) >= 11 is 12.1. The molecule has 4 rings (SSSR count). The van der Waals surface area contributed by atoms with E-state index < -0.39 is 11.3 Å². The molecule has 0 atom stereocenters. The minimum atomic E-state index is -0.533. The summed E-state index contributed by atoms with van der Waals surface area (Å²) < 4.78 is 24.8. The third kappa shape index (κ3) is 5.33. The Morgan fingerprint density at radius 1 is 0.758 bits per heavy atom. The van der Waals surface area contributed by atoms with Crippen molar-refractivity contribution in [1.82, 2.24) is 0 Å². The zero-order chi connectivity index (χ0) is 24.1. The van der Waals surface area contributed by atoms with Crippen LogP contribution in [0.25, 0.3) is 21.5 Å². The van der Waals surface area contributed by atoms with E-state index in [0.717, 1.165) is 0 Å². The quantitative estimate of drug-likeness (QED) is 0.309. The number of halogens is 2. The van der Waals surface area contributed by atoms with Crippen LogP contribution in [-0.2, 0) is 4.74 Å². The largest absolute Gasteiger partial charge is 0.467 e. The topological polar surface area (TPSA) is 140 Å². The van der Waals surface area contributed by atoms with Crippen molar-refractivity contribution in [3.63, 3.8) is 0 Å². The van der Waals surface area contributed by atoms with Crippen molar-refractivity contribution in [2.75, 3.05) is 38.9 Å². The van der Waals surface area contributed by atoms with E-state index in [-0.39, 0.29) is 28.5 Å². The third-order valence-electron chi connectivity index (χ3n) is 4.44. The number of nitrogen functional groups attached to an aromatic ring is 2. The van der Waals surface area contributed by atoms with E-state index in [0.29, 0.717) is 39.5 Å². The number of nitrogens with two attached hydrogens (primary N) is 2. The number of rotatable bonds is 5. The van der Waals surface area contributed by atoms with Gasteiger partial charge < -0.3 is 34.5 Å². The SMILES string of the molecule is COCCOc1oc(=O)c2cc(N)ccc2c1Cl.COc1oc(=O)c2cc(N)ccc2c1Cl. The van der Waals surface area contributed by atoms with Crippen LogP contribution in [0.15, 0.2) is 54.8 Å². The Morgan fingerprint density at radius 2 is 1.24 bits per heavy atom. The van der Waals surface area contributed by atoms with Gasteiger partial charge in [-0.25, -0.2) is 9.59 Å².